The van der Waals surface area contributed by atoms with Gasteiger partial charge >= 0.3 is 11.9 Å². The summed E-state index contributed by atoms with van der Waals surface area (Å²) in [5.74, 6) is -3.53. The van der Waals surface area contributed by atoms with Crippen LogP contribution < -0.4 is 5.32 Å². The van der Waals surface area contributed by atoms with Crippen LogP contribution in [0.3, 0.4) is 0 Å². The zero-order chi connectivity index (χ0) is 24.9. The van der Waals surface area contributed by atoms with Gasteiger partial charge in [0.05, 0.1) is 12.0 Å². The molecule has 0 unspecified atom stereocenters. The van der Waals surface area contributed by atoms with E-state index in [4.69, 9.17) is 5.11 Å². The molecule has 2 atom stereocenters. The molecule has 0 aliphatic rings. The van der Waals surface area contributed by atoms with E-state index in [-0.39, 0.29) is 30.0 Å². The first-order valence-electron chi connectivity index (χ1n) is 10.4. The number of aromatic carboxylic acids is 1. The average molecular weight is 469 g/mol. The number of aliphatic hydroxyl groups excluding tert-OH is 1. The number of carbonyl (C=O) groups is 3. The monoisotopic (exact) mass is 469 g/mol. The lowest BCUT2D eigenvalue weighted by atomic mass is 9.82. The summed E-state index contributed by atoms with van der Waals surface area (Å²) >= 11 is 0. The van der Waals surface area contributed by atoms with E-state index in [1.54, 1.807) is 36.4 Å². The van der Waals surface area contributed by atoms with Crippen LogP contribution in [0.5, 0.6) is 0 Å². The lowest BCUT2D eigenvalue weighted by molar-refractivity contribution is -0.151. The van der Waals surface area contributed by atoms with E-state index in [0.29, 0.717) is 5.56 Å². The largest absolute Gasteiger partial charge is 0.481 e. The number of aromatic nitrogens is 2. The van der Waals surface area contributed by atoms with Gasteiger partial charge in [0.15, 0.2) is 5.69 Å². The highest BCUT2D eigenvalue weighted by molar-refractivity contribution is 5.95. The fourth-order valence-electron chi connectivity index (χ4n) is 3.53. The van der Waals surface area contributed by atoms with Crippen molar-refractivity contribution in [3.63, 3.8) is 0 Å². The standard InChI is InChI=1S/C24H24FN3O6/c1-24(13-29,23(33)34)12-18(26-21(30)19-11-20(22(31)32)28-27-19)9-14-5-7-15(8-6-14)16-3-2-4-17(25)10-16/h2-8,10-11,18,29H,9,12-13H2,1H3,(H,26,30)(H,27,28)(H,31,32)(H,33,34)/t18-,24+/m1/s1. The smallest absolute Gasteiger partial charge is 0.356 e. The van der Waals surface area contributed by atoms with Crippen molar-refractivity contribution in [1.29, 1.82) is 0 Å². The van der Waals surface area contributed by atoms with Crippen molar-refractivity contribution in [3.8, 4) is 11.1 Å². The summed E-state index contributed by atoms with van der Waals surface area (Å²) in [6.07, 6.45) is 0.147. The zero-order valence-corrected chi connectivity index (χ0v) is 18.3. The van der Waals surface area contributed by atoms with E-state index in [1.807, 2.05) is 0 Å². The maximum absolute atomic E-state index is 13.5. The number of rotatable bonds is 10. The number of aliphatic hydroxyl groups is 1. The van der Waals surface area contributed by atoms with Crippen LogP contribution in [0.4, 0.5) is 4.39 Å². The molecule has 0 saturated heterocycles. The van der Waals surface area contributed by atoms with Crippen molar-refractivity contribution >= 4 is 17.8 Å². The normalized spacial score (nSPS) is 13.6. The highest BCUT2D eigenvalue weighted by Gasteiger charge is 2.36. The number of benzene rings is 2. The van der Waals surface area contributed by atoms with Gasteiger partial charge in [0.2, 0.25) is 0 Å². The maximum Gasteiger partial charge on any atom is 0.356 e. The number of aliphatic carboxylic acids is 1. The van der Waals surface area contributed by atoms with E-state index in [1.165, 1.54) is 19.1 Å². The molecule has 178 valence electrons. The molecule has 3 aromatic rings. The van der Waals surface area contributed by atoms with Crippen LogP contribution in [0.1, 0.15) is 39.9 Å². The van der Waals surface area contributed by atoms with Gasteiger partial charge in [-0.1, -0.05) is 36.4 Å². The van der Waals surface area contributed by atoms with Crippen LogP contribution in [0.15, 0.2) is 54.6 Å². The van der Waals surface area contributed by atoms with Crippen LogP contribution in [0.2, 0.25) is 0 Å². The third-order valence-corrected chi connectivity index (χ3v) is 5.53. The SMILES string of the molecule is C[C@@](CO)(C[C@@H](Cc1ccc(-c2cccc(F)c2)cc1)NC(=O)c1cc(C(=O)O)n[nH]1)C(=O)O. The summed E-state index contributed by atoms with van der Waals surface area (Å²) in [5, 5.41) is 36.8. The summed E-state index contributed by atoms with van der Waals surface area (Å²) in [6.45, 7) is 0.737. The number of carboxylic acid groups (broad SMARTS) is 2. The summed E-state index contributed by atoms with van der Waals surface area (Å²) in [6, 6.07) is 13.7. The number of nitrogens with one attached hydrogen (secondary N) is 2. The van der Waals surface area contributed by atoms with Crippen LogP contribution in [0.25, 0.3) is 11.1 Å². The van der Waals surface area contributed by atoms with Gasteiger partial charge in [-0.15, -0.1) is 0 Å². The lowest BCUT2D eigenvalue weighted by Gasteiger charge is -2.28. The van der Waals surface area contributed by atoms with E-state index >= 15 is 0 Å². The van der Waals surface area contributed by atoms with Crippen molar-refractivity contribution in [1.82, 2.24) is 15.5 Å². The molecule has 1 heterocycles. The van der Waals surface area contributed by atoms with Gasteiger partial charge in [0.1, 0.15) is 11.5 Å². The third kappa shape index (κ3) is 5.84. The minimum Gasteiger partial charge on any atom is -0.481 e. The van der Waals surface area contributed by atoms with E-state index in [9.17, 15) is 29.0 Å². The molecule has 9 nitrogen and oxygen atoms in total. The molecule has 0 aliphatic carbocycles. The first-order valence-corrected chi connectivity index (χ1v) is 10.4. The predicted molar refractivity (Wildman–Crippen MR) is 120 cm³/mol. The van der Waals surface area contributed by atoms with Crippen molar-refractivity contribution in [3.05, 3.63) is 77.4 Å². The van der Waals surface area contributed by atoms with Crippen molar-refractivity contribution in [2.24, 2.45) is 5.41 Å². The van der Waals surface area contributed by atoms with Gasteiger partial charge in [-0.3, -0.25) is 14.7 Å². The Morgan fingerprint density at radius 3 is 2.35 bits per heavy atom. The molecule has 0 saturated carbocycles. The Morgan fingerprint density at radius 2 is 1.79 bits per heavy atom. The number of aromatic amines is 1. The van der Waals surface area contributed by atoms with Crippen LogP contribution in [0, 0.1) is 11.2 Å². The fraction of sp³-hybridized carbons (Fsp3) is 0.250. The number of carboxylic acids is 2. The molecule has 0 aliphatic heterocycles. The molecule has 1 amide bonds. The molecule has 0 radical (unpaired) electrons. The van der Waals surface area contributed by atoms with Gasteiger partial charge < -0.3 is 20.6 Å². The van der Waals surface area contributed by atoms with Gasteiger partial charge in [-0.25, -0.2) is 9.18 Å². The molecule has 3 rings (SSSR count). The van der Waals surface area contributed by atoms with Crippen molar-refractivity contribution < 1.29 is 34.1 Å². The van der Waals surface area contributed by atoms with Crippen LogP contribution in [-0.4, -0.2) is 56.0 Å². The number of hydrogen-bond donors (Lipinski definition) is 5. The van der Waals surface area contributed by atoms with Gasteiger partial charge in [-0.2, -0.15) is 5.10 Å². The highest BCUT2D eigenvalue weighted by atomic mass is 19.1. The Balaban J connectivity index is 1.82. The maximum atomic E-state index is 13.5. The Bertz CT molecular complexity index is 1190. The zero-order valence-electron chi connectivity index (χ0n) is 18.3. The second-order valence-corrected chi connectivity index (χ2v) is 8.28. The second-order valence-electron chi connectivity index (χ2n) is 8.28. The molecule has 2 aromatic carbocycles. The van der Waals surface area contributed by atoms with Gasteiger partial charge in [0.25, 0.3) is 5.91 Å². The first-order chi connectivity index (χ1) is 16.1. The summed E-state index contributed by atoms with van der Waals surface area (Å²) in [5.41, 5.74) is 0.314. The summed E-state index contributed by atoms with van der Waals surface area (Å²) in [7, 11) is 0. The first kappa shape index (κ1) is 24.6. The molecule has 0 spiro atoms. The molecule has 0 fully saturated rings. The minimum atomic E-state index is -1.51. The minimum absolute atomic E-state index is 0.0872. The Hall–Kier alpha value is -4.05. The highest BCUT2D eigenvalue weighted by Crippen LogP contribution is 2.26. The number of nitrogens with zero attached hydrogens (tertiary/aromatic N) is 1. The Morgan fingerprint density at radius 1 is 1.09 bits per heavy atom. The van der Waals surface area contributed by atoms with Crippen LogP contribution >= 0.6 is 0 Å². The molecular formula is C24H24FN3O6. The molecule has 10 heteroatoms. The lowest BCUT2D eigenvalue weighted by Crippen LogP contribution is -2.44. The van der Waals surface area contributed by atoms with E-state index in [0.717, 1.165) is 17.2 Å². The van der Waals surface area contributed by atoms with Gasteiger partial charge in [0, 0.05) is 12.1 Å². The van der Waals surface area contributed by atoms with Crippen molar-refractivity contribution in [2.45, 2.75) is 25.8 Å². The van der Waals surface area contributed by atoms with Gasteiger partial charge in [-0.05, 0) is 48.6 Å². The number of halogens is 1. The fourth-order valence-corrected chi connectivity index (χ4v) is 3.53. The predicted octanol–water partition coefficient (Wildman–Crippen LogP) is 2.73. The third-order valence-electron chi connectivity index (χ3n) is 5.53. The van der Waals surface area contributed by atoms with E-state index in [2.05, 4.69) is 15.5 Å². The second kappa shape index (κ2) is 10.3. The summed E-state index contributed by atoms with van der Waals surface area (Å²) in [4.78, 5) is 35.4. The topological polar surface area (TPSA) is 153 Å². The molecule has 34 heavy (non-hydrogen) atoms. The molecule has 1 aromatic heterocycles. The number of hydrogen-bond acceptors (Lipinski definition) is 5. The number of H-pyrrole nitrogens is 1. The Kier molecular flexibility index (Phi) is 7.42. The summed E-state index contributed by atoms with van der Waals surface area (Å²) < 4.78 is 13.5. The molecule has 0 bridgehead atoms. The number of carbonyl (C=O) groups excluding carboxylic acids is 1. The Labute approximate surface area is 194 Å². The molecular weight excluding hydrogens is 445 g/mol. The quantitative estimate of drug-likeness (QED) is 0.306. The van der Waals surface area contributed by atoms with E-state index < -0.39 is 35.9 Å². The molecule has 5 N–H and O–H groups in total. The number of amides is 1. The average Bonchev–Trinajstić information content (AvgIpc) is 3.30. The van der Waals surface area contributed by atoms with Crippen LogP contribution in [-0.2, 0) is 11.2 Å². The van der Waals surface area contributed by atoms with Crippen molar-refractivity contribution in [2.75, 3.05) is 6.61 Å².